The van der Waals surface area contributed by atoms with Gasteiger partial charge in [-0.25, -0.2) is 4.79 Å². The molecule has 3 amide bonds. The number of rotatable bonds is 6. The van der Waals surface area contributed by atoms with E-state index in [1.807, 2.05) is 17.0 Å². The fourth-order valence-corrected chi connectivity index (χ4v) is 3.95. The lowest BCUT2D eigenvalue weighted by atomic mass is 10.0. The van der Waals surface area contributed by atoms with E-state index in [1.54, 1.807) is 0 Å². The Morgan fingerprint density at radius 2 is 2.04 bits per heavy atom. The van der Waals surface area contributed by atoms with Crippen molar-refractivity contribution in [2.75, 3.05) is 31.5 Å². The summed E-state index contributed by atoms with van der Waals surface area (Å²) in [6.45, 7) is 6.23. The number of piperidine rings is 2. The molecule has 0 saturated carbocycles. The smallest absolute Gasteiger partial charge is 0.319 e. The average Bonchev–Trinajstić information content (AvgIpc) is 2.65. The maximum atomic E-state index is 12.2. The van der Waals surface area contributed by atoms with Crippen molar-refractivity contribution >= 4 is 17.6 Å². The molecule has 6 heteroatoms. The molecule has 2 N–H and O–H groups in total. The highest BCUT2D eigenvalue weighted by Gasteiger charge is 2.19. The molecule has 1 atom stereocenters. The molecule has 1 aromatic rings. The molecule has 0 aromatic heterocycles. The molecule has 6 nitrogen and oxygen atoms in total. The van der Waals surface area contributed by atoms with E-state index < -0.39 is 0 Å². The van der Waals surface area contributed by atoms with Crippen molar-refractivity contribution in [2.24, 2.45) is 0 Å². The van der Waals surface area contributed by atoms with Crippen molar-refractivity contribution in [2.45, 2.75) is 58.0 Å². The largest absolute Gasteiger partial charge is 0.341 e. The van der Waals surface area contributed by atoms with Crippen molar-refractivity contribution in [3.8, 4) is 0 Å². The molecule has 1 aromatic carbocycles. The number of urea groups is 1. The Kier molecular flexibility index (Phi) is 7.10. The molecule has 27 heavy (non-hydrogen) atoms. The van der Waals surface area contributed by atoms with Crippen molar-refractivity contribution in [3.63, 3.8) is 0 Å². The lowest BCUT2D eigenvalue weighted by Gasteiger charge is -2.33. The van der Waals surface area contributed by atoms with Gasteiger partial charge < -0.3 is 15.5 Å². The highest BCUT2D eigenvalue weighted by Crippen LogP contribution is 2.20. The topological polar surface area (TPSA) is 64.7 Å². The molecule has 2 aliphatic rings. The molecule has 148 valence electrons. The van der Waals surface area contributed by atoms with E-state index in [9.17, 15) is 9.59 Å². The number of benzene rings is 1. The minimum absolute atomic E-state index is 0.197. The molecule has 2 fully saturated rings. The first kappa shape index (κ1) is 19.7. The normalized spacial score (nSPS) is 21.1. The fraction of sp³-hybridized carbons (Fsp3) is 0.619. The number of nitrogens with zero attached hydrogens (tertiary/aromatic N) is 2. The zero-order valence-corrected chi connectivity index (χ0v) is 16.4. The monoisotopic (exact) mass is 372 g/mol. The van der Waals surface area contributed by atoms with Crippen molar-refractivity contribution in [1.82, 2.24) is 15.1 Å². The Morgan fingerprint density at radius 3 is 2.85 bits per heavy atom. The molecule has 0 radical (unpaired) electrons. The molecule has 0 aliphatic carbocycles. The van der Waals surface area contributed by atoms with Gasteiger partial charge in [0.05, 0.1) is 0 Å². The van der Waals surface area contributed by atoms with E-state index >= 15 is 0 Å². The number of likely N-dealkylation sites (tertiary alicyclic amines) is 2. The van der Waals surface area contributed by atoms with Gasteiger partial charge >= 0.3 is 6.03 Å². The van der Waals surface area contributed by atoms with Gasteiger partial charge in [0.2, 0.25) is 5.91 Å². The van der Waals surface area contributed by atoms with Gasteiger partial charge in [0.1, 0.15) is 0 Å². The van der Waals surface area contributed by atoms with Crippen LogP contribution in [0.25, 0.3) is 0 Å². The number of nitrogens with one attached hydrogen (secondary N) is 2. The summed E-state index contributed by atoms with van der Waals surface area (Å²) in [5.41, 5.74) is 2.03. The Balaban J connectivity index is 1.44. The predicted octanol–water partition coefficient (Wildman–Crippen LogP) is 3.20. The summed E-state index contributed by atoms with van der Waals surface area (Å²) in [7, 11) is 0. The molecule has 2 saturated heterocycles. The second kappa shape index (κ2) is 9.74. The van der Waals surface area contributed by atoms with Crippen LogP contribution in [0.2, 0.25) is 0 Å². The van der Waals surface area contributed by atoms with Crippen LogP contribution in [0.15, 0.2) is 24.3 Å². The van der Waals surface area contributed by atoms with E-state index in [-0.39, 0.29) is 11.9 Å². The number of amides is 3. The first-order valence-corrected chi connectivity index (χ1v) is 10.3. The Labute approximate surface area is 162 Å². The zero-order valence-electron chi connectivity index (χ0n) is 16.4. The van der Waals surface area contributed by atoms with Crippen LogP contribution in [0.1, 0.15) is 51.0 Å². The Bertz CT molecular complexity index is 649. The predicted molar refractivity (Wildman–Crippen MR) is 108 cm³/mol. The van der Waals surface area contributed by atoms with Crippen LogP contribution in [0.5, 0.6) is 0 Å². The maximum absolute atomic E-state index is 12.2. The molecule has 2 aliphatic heterocycles. The van der Waals surface area contributed by atoms with Crippen LogP contribution >= 0.6 is 0 Å². The maximum Gasteiger partial charge on any atom is 0.319 e. The SMILES string of the molecule is C[C@@H]1CCCCN1Cc1cccc(NC(=O)NCCN2CCCCC2=O)c1. The first-order chi connectivity index (χ1) is 13.1. The summed E-state index contributed by atoms with van der Waals surface area (Å²) in [6.07, 6.45) is 6.53. The van der Waals surface area contributed by atoms with E-state index in [2.05, 4.69) is 34.6 Å². The summed E-state index contributed by atoms with van der Waals surface area (Å²) in [5, 5.41) is 5.76. The third kappa shape index (κ3) is 5.96. The first-order valence-electron chi connectivity index (χ1n) is 10.3. The summed E-state index contributed by atoms with van der Waals surface area (Å²) >= 11 is 0. The Morgan fingerprint density at radius 1 is 1.19 bits per heavy atom. The van der Waals surface area contributed by atoms with Gasteiger partial charge in [0.25, 0.3) is 0 Å². The van der Waals surface area contributed by atoms with Gasteiger partial charge in [-0.1, -0.05) is 18.6 Å². The van der Waals surface area contributed by atoms with Gasteiger partial charge in [0, 0.05) is 44.3 Å². The van der Waals surface area contributed by atoms with E-state index in [4.69, 9.17) is 0 Å². The molecular weight excluding hydrogens is 340 g/mol. The molecule has 0 spiro atoms. The fourth-order valence-electron chi connectivity index (χ4n) is 3.95. The molecule has 3 rings (SSSR count). The highest BCUT2D eigenvalue weighted by atomic mass is 16.2. The van der Waals surface area contributed by atoms with E-state index in [0.717, 1.165) is 38.2 Å². The van der Waals surface area contributed by atoms with Gasteiger partial charge in [-0.3, -0.25) is 9.69 Å². The van der Waals surface area contributed by atoms with Crippen LogP contribution in [-0.2, 0) is 11.3 Å². The van der Waals surface area contributed by atoms with E-state index in [0.29, 0.717) is 25.6 Å². The highest BCUT2D eigenvalue weighted by molar-refractivity contribution is 5.89. The molecule has 2 heterocycles. The standard InChI is InChI=1S/C21H32N4O2/c1-17-7-2-4-13-25(17)16-18-8-6-9-19(15-18)23-21(27)22-11-14-24-12-5-3-10-20(24)26/h6,8-9,15,17H,2-5,7,10-14,16H2,1H3,(H2,22,23,27)/t17-/m1/s1. The second-order valence-corrected chi connectivity index (χ2v) is 7.73. The lowest BCUT2D eigenvalue weighted by Crippen LogP contribution is -2.41. The van der Waals surface area contributed by atoms with Crippen molar-refractivity contribution in [1.29, 1.82) is 0 Å². The van der Waals surface area contributed by atoms with E-state index in [1.165, 1.54) is 24.8 Å². The van der Waals surface area contributed by atoms with Gasteiger partial charge in [-0.05, 0) is 56.8 Å². The summed E-state index contributed by atoms with van der Waals surface area (Å²) < 4.78 is 0. The summed E-state index contributed by atoms with van der Waals surface area (Å²) in [4.78, 5) is 28.3. The number of carbonyl (C=O) groups excluding carboxylic acids is 2. The average molecular weight is 373 g/mol. The molecular formula is C21H32N4O2. The second-order valence-electron chi connectivity index (χ2n) is 7.73. The third-order valence-electron chi connectivity index (χ3n) is 5.60. The number of carbonyl (C=O) groups is 2. The lowest BCUT2D eigenvalue weighted by molar-refractivity contribution is -0.133. The van der Waals surface area contributed by atoms with Crippen molar-refractivity contribution < 1.29 is 9.59 Å². The number of hydrogen-bond acceptors (Lipinski definition) is 3. The summed E-state index contributed by atoms with van der Waals surface area (Å²) in [5.74, 6) is 0.197. The molecule has 0 unspecified atom stereocenters. The van der Waals surface area contributed by atoms with Crippen molar-refractivity contribution in [3.05, 3.63) is 29.8 Å². The minimum Gasteiger partial charge on any atom is -0.341 e. The number of anilines is 1. The minimum atomic E-state index is -0.219. The quantitative estimate of drug-likeness (QED) is 0.806. The van der Waals surface area contributed by atoms with Crippen LogP contribution in [0.3, 0.4) is 0 Å². The van der Waals surface area contributed by atoms with Gasteiger partial charge in [-0.15, -0.1) is 0 Å². The number of hydrogen-bond donors (Lipinski definition) is 2. The molecule has 0 bridgehead atoms. The zero-order chi connectivity index (χ0) is 19.1. The van der Waals surface area contributed by atoms with Crippen LogP contribution in [-0.4, -0.2) is 54.0 Å². The van der Waals surface area contributed by atoms with Gasteiger partial charge in [-0.2, -0.15) is 0 Å². The van der Waals surface area contributed by atoms with Crippen LogP contribution in [0, 0.1) is 0 Å². The third-order valence-corrected chi connectivity index (χ3v) is 5.60. The van der Waals surface area contributed by atoms with Crippen LogP contribution < -0.4 is 10.6 Å². The van der Waals surface area contributed by atoms with Crippen LogP contribution in [0.4, 0.5) is 10.5 Å². The van der Waals surface area contributed by atoms with Gasteiger partial charge in [0.15, 0.2) is 0 Å². The Hall–Kier alpha value is -2.08. The summed E-state index contributed by atoms with van der Waals surface area (Å²) in [6, 6.07) is 8.48.